The molecule has 0 spiro atoms. The molecule has 0 fully saturated rings. The van der Waals surface area contributed by atoms with Crippen LogP contribution in [0, 0.1) is 5.92 Å². The second-order valence-corrected chi connectivity index (χ2v) is 13.3. The van der Waals surface area contributed by atoms with Crippen LogP contribution in [0.1, 0.15) is 125 Å². The molecule has 0 aliphatic carbocycles. The van der Waals surface area contributed by atoms with Crippen molar-refractivity contribution in [2.45, 2.75) is 136 Å². The highest BCUT2D eigenvalue weighted by molar-refractivity contribution is 6.70. The van der Waals surface area contributed by atoms with E-state index >= 15 is 0 Å². The van der Waals surface area contributed by atoms with Crippen molar-refractivity contribution >= 4 is 8.56 Å². The van der Waals surface area contributed by atoms with Crippen molar-refractivity contribution in [3.05, 3.63) is 0 Å². The van der Waals surface area contributed by atoms with Gasteiger partial charge in [-0.25, -0.2) is 0 Å². The summed E-state index contributed by atoms with van der Waals surface area (Å²) in [6, 6.07) is 1.14. The van der Waals surface area contributed by atoms with E-state index in [0.717, 1.165) is 12.0 Å². The fourth-order valence-corrected chi connectivity index (χ4v) is 8.51. The number of hydrogen-bond acceptors (Lipinski definition) is 2. The monoisotopic (exact) mass is 400 g/mol. The van der Waals surface area contributed by atoms with Gasteiger partial charge in [0.1, 0.15) is 0 Å². The van der Waals surface area contributed by atoms with Gasteiger partial charge in [-0.1, -0.05) is 118 Å². The fraction of sp³-hybridized carbons (Fsp3) is 1.00. The van der Waals surface area contributed by atoms with Gasteiger partial charge in [-0.2, -0.15) is 0 Å². The summed E-state index contributed by atoms with van der Waals surface area (Å²) in [7, 11) is 1.61. The van der Waals surface area contributed by atoms with E-state index in [0.29, 0.717) is 0 Å². The van der Waals surface area contributed by atoms with Crippen LogP contribution in [0.5, 0.6) is 0 Å². The Hall–Kier alpha value is 0.137. The van der Waals surface area contributed by atoms with E-state index in [-0.39, 0.29) is 5.04 Å². The second kappa shape index (κ2) is 16.0. The molecule has 0 saturated heterocycles. The van der Waals surface area contributed by atoms with E-state index in [9.17, 15) is 0 Å². The van der Waals surface area contributed by atoms with E-state index in [2.05, 4.69) is 34.6 Å². The van der Waals surface area contributed by atoms with Crippen LogP contribution in [0.2, 0.25) is 11.1 Å². The molecule has 0 heterocycles. The predicted octanol–water partition coefficient (Wildman–Crippen LogP) is 8.64. The lowest BCUT2D eigenvalue weighted by molar-refractivity contribution is 0.195. The molecule has 164 valence electrons. The normalized spacial score (nSPS) is 12.9. The molecule has 0 amide bonds. The molecule has 0 aliphatic heterocycles. The van der Waals surface area contributed by atoms with Gasteiger partial charge in [0, 0.05) is 19.3 Å². The molecule has 0 bridgehead atoms. The zero-order valence-electron chi connectivity index (χ0n) is 20.0. The van der Waals surface area contributed by atoms with E-state index in [4.69, 9.17) is 8.85 Å². The molecule has 0 N–H and O–H groups in total. The van der Waals surface area contributed by atoms with Crippen molar-refractivity contribution in [2.24, 2.45) is 5.92 Å². The van der Waals surface area contributed by atoms with Crippen LogP contribution in [-0.4, -0.2) is 22.8 Å². The topological polar surface area (TPSA) is 18.5 Å². The van der Waals surface area contributed by atoms with Gasteiger partial charge in [0.2, 0.25) is 0 Å². The van der Waals surface area contributed by atoms with Gasteiger partial charge in [-0.3, -0.25) is 0 Å². The first kappa shape index (κ1) is 27.1. The van der Waals surface area contributed by atoms with Crippen LogP contribution < -0.4 is 0 Å². The van der Waals surface area contributed by atoms with Gasteiger partial charge >= 0.3 is 8.56 Å². The molecule has 0 aliphatic rings. The summed E-state index contributed by atoms with van der Waals surface area (Å²) in [6.45, 7) is 11.7. The third-order valence-electron chi connectivity index (χ3n) is 6.81. The molecule has 0 aromatic heterocycles. The Morgan fingerprint density at radius 3 is 1.44 bits per heavy atom. The lowest BCUT2D eigenvalue weighted by Crippen LogP contribution is -2.51. The first-order chi connectivity index (χ1) is 12.9. The van der Waals surface area contributed by atoms with Gasteiger partial charge < -0.3 is 8.85 Å². The van der Waals surface area contributed by atoms with Crippen LogP contribution >= 0.6 is 0 Å². The van der Waals surface area contributed by atoms with Crippen LogP contribution in [-0.2, 0) is 8.85 Å². The summed E-state index contributed by atoms with van der Waals surface area (Å²) in [5.74, 6) is 0.730. The Morgan fingerprint density at radius 1 is 0.667 bits per heavy atom. The van der Waals surface area contributed by atoms with Crippen LogP contribution in [0.3, 0.4) is 0 Å². The zero-order chi connectivity index (χ0) is 20.6. The predicted molar refractivity (Wildman–Crippen MR) is 124 cm³/mol. The number of hydrogen-bond donors (Lipinski definition) is 0. The Labute approximate surface area is 173 Å². The Bertz CT molecular complexity index is 322. The van der Waals surface area contributed by atoms with E-state index in [1.165, 1.54) is 89.9 Å². The summed E-state index contributed by atoms with van der Waals surface area (Å²) in [6.07, 6.45) is 19.1. The molecular weight excluding hydrogens is 348 g/mol. The molecule has 0 aromatic rings. The lowest BCUT2D eigenvalue weighted by Gasteiger charge is -2.43. The smallest absolute Gasteiger partial charge is 0.343 e. The van der Waals surface area contributed by atoms with Crippen molar-refractivity contribution in [1.82, 2.24) is 0 Å². The summed E-state index contributed by atoms with van der Waals surface area (Å²) < 4.78 is 12.3. The average Bonchev–Trinajstić information content (AvgIpc) is 2.67. The van der Waals surface area contributed by atoms with Crippen LogP contribution in [0.4, 0.5) is 0 Å². The molecular formula is C24H52O2Si. The van der Waals surface area contributed by atoms with Gasteiger partial charge in [0.25, 0.3) is 0 Å². The molecule has 0 aromatic carbocycles. The minimum atomic E-state index is -2.17. The highest BCUT2D eigenvalue weighted by Gasteiger charge is 2.50. The van der Waals surface area contributed by atoms with Crippen molar-refractivity contribution < 1.29 is 8.85 Å². The zero-order valence-corrected chi connectivity index (χ0v) is 21.0. The third-order valence-corrected chi connectivity index (χ3v) is 11.6. The van der Waals surface area contributed by atoms with E-state index < -0.39 is 8.56 Å². The number of unbranched alkanes of at least 4 members (excludes halogenated alkanes) is 10. The van der Waals surface area contributed by atoms with Crippen LogP contribution in [0.15, 0.2) is 0 Å². The Balaban J connectivity index is 4.14. The van der Waals surface area contributed by atoms with Gasteiger partial charge in [0.05, 0.1) is 0 Å². The van der Waals surface area contributed by atoms with Crippen LogP contribution in [0.25, 0.3) is 0 Å². The third kappa shape index (κ3) is 10.5. The SMILES string of the molecule is CCCCCCCCCCCCCC(C)(C)[Si](CC(CC)CC)(OC)OC. The average molecular weight is 401 g/mol. The summed E-state index contributed by atoms with van der Waals surface area (Å²) in [4.78, 5) is 0. The van der Waals surface area contributed by atoms with E-state index in [1.54, 1.807) is 0 Å². The summed E-state index contributed by atoms with van der Waals surface area (Å²) >= 11 is 0. The molecule has 0 unspecified atom stereocenters. The molecule has 3 heteroatoms. The standard InChI is InChI=1S/C24H52O2Si/c1-8-11-12-13-14-15-16-17-18-19-20-21-24(4,5)27(25-6,26-7)22-23(9-2)10-3/h23H,8-22H2,1-7H3. The van der Waals surface area contributed by atoms with Crippen molar-refractivity contribution in [2.75, 3.05) is 14.2 Å². The summed E-state index contributed by atoms with van der Waals surface area (Å²) in [5, 5.41) is 0.179. The fourth-order valence-electron chi connectivity index (χ4n) is 4.46. The Kier molecular flexibility index (Phi) is 16.1. The minimum Gasteiger partial charge on any atom is -0.397 e. The largest absolute Gasteiger partial charge is 0.397 e. The number of rotatable bonds is 19. The second-order valence-electron chi connectivity index (χ2n) is 9.22. The first-order valence-corrected chi connectivity index (χ1v) is 14.1. The highest BCUT2D eigenvalue weighted by Crippen LogP contribution is 2.47. The van der Waals surface area contributed by atoms with Gasteiger partial charge in [0.15, 0.2) is 0 Å². The highest BCUT2D eigenvalue weighted by atomic mass is 28.4. The van der Waals surface area contributed by atoms with Crippen molar-refractivity contribution in [1.29, 1.82) is 0 Å². The molecule has 2 nitrogen and oxygen atoms in total. The lowest BCUT2D eigenvalue weighted by atomic mass is 10.0. The Morgan fingerprint density at radius 2 is 1.07 bits per heavy atom. The summed E-state index contributed by atoms with van der Waals surface area (Å²) in [5.41, 5.74) is 0. The maximum Gasteiger partial charge on any atom is 0.343 e. The van der Waals surface area contributed by atoms with Gasteiger partial charge in [-0.15, -0.1) is 0 Å². The quantitative estimate of drug-likeness (QED) is 0.159. The molecule has 27 heavy (non-hydrogen) atoms. The van der Waals surface area contributed by atoms with E-state index in [1.807, 2.05) is 14.2 Å². The minimum absolute atomic E-state index is 0.179. The maximum absolute atomic E-state index is 6.15. The maximum atomic E-state index is 6.15. The first-order valence-electron chi connectivity index (χ1n) is 12.0. The molecule has 0 radical (unpaired) electrons. The van der Waals surface area contributed by atoms with Crippen molar-refractivity contribution in [3.8, 4) is 0 Å². The molecule has 0 atom stereocenters. The molecule has 0 rings (SSSR count). The van der Waals surface area contributed by atoms with Crippen molar-refractivity contribution in [3.63, 3.8) is 0 Å². The molecule has 0 saturated carbocycles. The van der Waals surface area contributed by atoms with Gasteiger partial charge in [-0.05, 0) is 18.4 Å².